The summed E-state index contributed by atoms with van der Waals surface area (Å²) < 4.78 is 0. The third kappa shape index (κ3) is 2.98. The molecule has 0 saturated heterocycles. The monoisotopic (exact) mass is 237 g/mol. The van der Waals surface area contributed by atoms with Gasteiger partial charge in [0.1, 0.15) is 0 Å². The van der Waals surface area contributed by atoms with Gasteiger partial charge in [-0.25, -0.2) is 4.98 Å². The first-order valence-electron chi connectivity index (χ1n) is 5.99. The van der Waals surface area contributed by atoms with Gasteiger partial charge in [0.2, 0.25) is 0 Å². The first kappa shape index (κ1) is 11.9. The zero-order chi connectivity index (χ0) is 11.4. The summed E-state index contributed by atoms with van der Waals surface area (Å²) >= 11 is 1.87. The van der Waals surface area contributed by atoms with Gasteiger partial charge >= 0.3 is 0 Å². The molecule has 0 aromatic carbocycles. The Bertz CT molecular complexity index is 348. The minimum atomic E-state index is 0.0847. The maximum Gasteiger partial charge on any atom is 0.0989 e. The van der Waals surface area contributed by atoms with E-state index < -0.39 is 0 Å². The van der Waals surface area contributed by atoms with Gasteiger partial charge in [-0.2, -0.15) is 0 Å². The maximum absolute atomic E-state index is 9.01. The van der Waals surface area contributed by atoms with Crippen LogP contribution < -0.4 is 0 Å². The van der Waals surface area contributed by atoms with Crippen molar-refractivity contribution in [1.29, 1.82) is 0 Å². The fraction of sp³-hybridized carbons (Fsp3) is 0.615. The Morgan fingerprint density at radius 3 is 2.81 bits per heavy atom. The third-order valence-electron chi connectivity index (χ3n) is 3.20. The van der Waals surface area contributed by atoms with Crippen LogP contribution in [0.2, 0.25) is 0 Å². The number of hydrogen-bond acceptors (Lipinski definition) is 3. The van der Waals surface area contributed by atoms with E-state index in [-0.39, 0.29) is 6.61 Å². The molecule has 1 saturated carbocycles. The summed E-state index contributed by atoms with van der Waals surface area (Å²) in [7, 11) is 0. The van der Waals surface area contributed by atoms with Crippen LogP contribution in [-0.2, 0) is 6.61 Å². The summed E-state index contributed by atoms with van der Waals surface area (Å²) in [6.45, 7) is 2.16. The lowest BCUT2D eigenvalue weighted by molar-refractivity contribution is 0.281. The highest BCUT2D eigenvalue weighted by Gasteiger charge is 2.15. The first-order chi connectivity index (χ1) is 7.79. The molecule has 16 heavy (non-hydrogen) atoms. The Kier molecular flexibility index (Phi) is 4.24. The fourth-order valence-electron chi connectivity index (χ4n) is 2.23. The molecule has 88 valence electrons. The Labute approximate surface area is 101 Å². The van der Waals surface area contributed by atoms with Gasteiger partial charge in [0.05, 0.1) is 11.6 Å². The summed E-state index contributed by atoms with van der Waals surface area (Å²) in [4.78, 5) is 4.41. The molecule has 0 radical (unpaired) electrons. The molecular weight excluding hydrogens is 218 g/mol. The number of pyridine rings is 1. The number of nitrogens with zero attached hydrogens (tertiary/aromatic N) is 1. The topological polar surface area (TPSA) is 33.1 Å². The first-order valence-corrected chi connectivity index (χ1v) is 6.97. The number of aliphatic hydroxyl groups is 1. The van der Waals surface area contributed by atoms with E-state index in [4.69, 9.17) is 5.11 Å². The summed E-state index contributed by atoms with van der Waals surface area (Å²) in [6, 6.07) is 2.03. The van der Waals surface area contributed by atoms with Crippen molar-refractivity contribution in [2.75, 3.05) is 5.75 Å². The molecule has 1 N–H and O–H groups in total. The van der Waals surface area contributed by atoms with Crippen LogP contribution >= 0.6 is 11.8 Å². The maximum atomic E-state index is 9.01. The van der Waals surface area contributed by atoms with Crippen molar-refractivity contribution < 1.29 is 5.11 Å². The largest absolute Gasteiger partial charge is 0.392 e. The summed E-state index contributed by atoms with van der Waals surface area (Å²) in [5.41, 5.74) is 2.09. The molecule has 1 aromatic heterocycles. The van der Waals surface area contributed by atoms with Crippen molar-refractivity contribution in [3.05, 3.63) is 23.4 Å². The van der Waals surface area contributed by atoms with Crippen LogP contribution in [0.25, 0.3) is 0 Å². The van der Waals surface area contributed by atoms with Crippen LogP contribution in [0.5, 0.6) is 0 Å². The second kappa shape index (κ2) is 5.69. The molecule has 0 bridgehead atoms. The Balaban J connectivity index is 1.93. The zero-order valence-corrected chi connectivity index (χ0v) is 10.6. The van der Waals surface area contributed by atoms with Crippen molar-refractivity contribution in [2.24, 2.45) is 5.92 Å². The molecule has 3 heteroatoms. The van der Waals surface area contributed by atoms with Crippen LogP contribution in [0.15, 0.2) is 17.3 Å². The minimum Gasteiger partial charge on any atom is -0.392 e. The van der Waals surface area contributed by atoms with E-state index in [2.05, 4.69) is 11.9 Å². The molecule has 0 unspecified atom stereocenters. The second-order valence-electron chi connectivity index (χ2n) is 4.59. The quantitative estimate of drug-likeness (QED) is 0.817. The summed E-state index contributed by atoms with van der Waals surface area (Å²) in [5, 5.41) is 10.1. The van der Waals surface area contributed by atoms with Gasteiger partial charge < -0.3 is 5.11 Å². The molecule has 0 amide bonds. The van der Waals surface area contributed by atoms with Gasteiger partial charge in [0.25, 0.3) is 0 Å². The van der Waals surface area contributed by atoms with E-state index in [1.165, 1.54) is 37.0 Å². The SMILES string of the molecule is Cc1cc(CO)cnc1SCC1CCCC1. The average molecular weight is 237 g/mol. The van der Waals surface area contributed by atoms with Crippen molar-refractivity contribution in [3.63, 3.8) is 0 Å². The number of aliphatic hydroxyl groups excluding tert-OH is 1. The second-order valence-corrected chi connectivity index (χ2v) is 5.59. The van der Waals surface area contributed by atoms with Gasteiger partial charge in [0.15, 0.2) is 0 Å². The fourth-order valence-corrected chi connectivity index (χ4v) is 3.37. The normalized spacial score (nSPS) is 16.9. The molecule has 0 aliphatic heterocycles. The predicted octanol–water partition coefficient (Wildman–Crippen LogP) is 3.16. The Morgan fingerprint density at radius 1 is 1.44 bits per heavy atom. The lowest BCUT2D eigenvalue weighted by Gasteiger charge is -2.09. The van der Waals surface area contributed by atoms with Crippen LogP contribution in [-0.4, -0.2) is 15.8 Å². The van der Waals surface area contributed by atoms with Crippen molar-refractivity contribution in [2.45, 2.75) is 44.2 Å². The highest BCUT2D eigenvalue weighted by molar-refractivity contribution is 7.99. The zero-order valence-electron chi connectivity index (χ0n) is 9.78. The average Bonchev–Trinajstić information content (AvgIpc) is 2.80. The van der Waals surface area contributed by atoms with Crippen LogP contribution in [0, 0.1) is 12.8 Å². The smallest absolute Gasteiger partial charge is 0.0989 e. The van der Waals surface area contributed by atoms with Crippen molar-refractivity contribution in [1.82, 2.24) is 4.98 Å². The summed E-state index contributed by atoms with van der Waals surface area (Å²) in [5.74, 6) is 2.09. The van der Waals surface area contributed by atoms with E-state index in [1.807, 2.05) is 17.8 Å². The number of hydrogen-bond donors (Lipinski definition) is 1. The Morgan fingerprint density at radius 2 is 2.19 bits per heavy atom. The molecule has 1 aromatic rings. The van der Waals surface area contributed by atoms with Crippen LogP contribution in [0.3, 0.4) is 0 Å². The van der Waals surface area contributed by atoms with E-state index in [0.717, 1.165) is 16.5 Å². The van der Waals surface area contributed by atoms with Crippen molar-refractivity contribution >= 4 is 11.8 Å². The third-order valence-corrected chi connectivity index (χ3v) is 4.54. The number of aryl methyl sites for hydroxylation is 1. The number of thioether (sulfide) groups is 1. The van der Waals surface area contributed by atoms with Crippen LogP contribution in [0.1, 0.15) is 36.8 Å². The lowest BCUT2D eigenvalue weighted by Crippen LogP contribution is -1.98. The molecular formula is C13H19NOS. The lowest BCUT2D eigenvalue weighted by atomic mass is 10.1. The highest BCUT2D eigenvalue weighted by Crippen LogP contribution is 2.31. The molecule has 1 aliphatic carbocycles. The molecule has 0 atom stereocenters. The Hall–Kier alpha value is -0.540. The van der Waals surface area contributed by atoms with E-state index in [9.17, 15) is 0 Å². The summed E-state index contributed by atoms with van der Waals surface area (Å²) in [6.07, 6.45) is 7.37. The standard InChI is InChI=1S/C13H19NOS/c1-10-6-12(8-15)7-14-13(10)16-9-11-4-2-3-5-11/h6-7,11,15H,2-5,8-9H2,1H3. The number of rotatable bonds is 4. The molecule has 2 rings (SSSR count). The van der Waals surface area contributed by atoms with E-state index in [0.29, 0.717) is 0 Å². The molecule has 1 fully saturated rings. The number of aromatic nitrogens is 1. The predicted molar refractivity (Wildman–Crippen MR) is 67.6 cm³/mol. The molecule has 1 aliphatic rings. The molecule has 1 heterocycles. The van der Waals surface area contributed by atoms with E-state index >= 15 is 0 Å². The minimum absolute atomic E-state index is 0.0847. The van der Waals surface area contributed by atoms with Gasteiger partial charge in [-0.15, -0.1) is 11.8 Å². The van der Waals surface area contributed by atoms with E-state index in [1.54, 1.807) is 6.20 Å². The van der Waals surface area contributed by atoms with Gasteiger partial charge in [-0.05, 0) is 42.9 Å². The van der Waals surface area contributed by atoms with Gasteiger partial charge in [-0.1, -0.05) is 12.8 Å². The van der Waals surface area contributed by atoms with Gasteiger partial charge in [-0.3, -0.25) is 0 Å². The van der Waals surface area contributed by atoms with Gasteiger partial charge in [0, 0.05) is 11.9 Å². The van der Waals surface area contributed by atoms with Crippen LogP contribution in [0.4, 0.5) is 0 Å². The molecule has 0 spiro atoms. The van der Waals surface area contributed by atoms with Crippen molar-refractivity contribution in [3.8, 4) is 0 Å². The highest BCUT2D eigenvalue weighted by atomic mass is 32.2. The molecule has 2 nitrogen and oxygen atoms in total.